The lowest BCUT2D eigenvalue weighted by Crippen LogP contribution is -2.23. The largest absolute Gasteiger partial charge is 0.416 e. The van der Waals surface area contributed by atoms with Gasteiger partial charge >= 0.3 is 6.18 Å². The summed E-state index contributed by atoms with van der Waals surface area (Å²) in [5.41, 5.74) is 1.84. The minimum Gasteiger partial charge on any atom is -0.356 e. The molecule has 0 unspecified atom stereocenters. The molecule has 0 saturated carbocycles. The summed E-state index contributed by atoms with van der Waals surface area (Å²) in [4.78, 5) is 12.0. The van der Waals surface area contributed by atoms with Gasteiger partial charge in [-0.1, -0.05) is 35.0 Å². The van der Waals surface area contributed by atoms with E-state index in [1.807, 2.05) is 31.2 Å². The van der Waals surface area contributed by atoms with E-state index >= 15 is 0 Å². The van der Waals surface area contributed by atoms with Gasteiger partial charge in [0.05, 0.1) is 12.1 Å². The minimum absolute atomic E-state index is 0.106. The fraction of sp³-hybridized carbons (Fsp3) is 0.158. The lowest BCUT2D eigenvalue weighted by molar-refractivity contribution is -0.137. The van der Waals surface area contributed by atoms with E-state index in [4.69, 9.17) is 4.52 Å². The van der Waals surface area contributed by atoms with Crippen LogP contribution in [-0.4, -0.2) is 11.1 Å². The second-order valence-electron chi connectivity index (χ2n) is 5.81. The van der Waals surface area contributed by atoms with Crippen molar-refractivity contribution in [3.63, 3.8) is 0 Å². The summed E-state index contributed by atoms with van der Waals surface area (Å²) in [6.07, 6.45) is -4.43. The topological polar surface area (TPSA) is 55.1 Å². The van der Waals surface area contributed by atoms with Crippen LogP contribution in [0.25, 0.3) is 11.3 Å². The van der Waals surface area contributed by atoms with Gasteiger partial charge in [0.1, 0.15) is 5.69 Å². The van der Waals surface area contributed by atoms with Crippen molar-refractivity contribution in [2.24, 2.45) is 0 Å². The summed E-state index contributed by atoms with van der Waals surface area (Å²) < 4.78 is 42.9. The molecule has 0 bridgehead atoms. The van der Waals surface area contributed by atoms with Gasteiger partial charge in [-0.25, -0.2) is 0 Å². The van der Waals surface area contributed by atoms with Crippen molar-refractivity contribution >= 4 is 5.91 Å². The van der Waals surface area contributed by atoms with E-state index in [2.05, 4.69) is 10.5 Å². The van der Waals surface area contributed by atoms with E-state index in [9.17, 15) is 18.0 Å². The zero-order valence-corrected chi connectivity index (χ0v) is 13.8. The highest BCUT2D eigenvalue weighted by atomic mass is 19.4. The first-order valence-electron chi connectivity index (χ1n) is 7.81. The number of nitrogens with one attached hydrogen (secondary N) is 1. The molecule has 1 aromatic heterocycles. The standard InChI is InChI=1S/C19H15F3N2O2/c1-12-2-4-13(5-3-12)17-10-16(24-26-17)11-23-18(25)14-6-8-15(9-7-14)19(20,21)22/h2-10H,11H2,1H3,(H,23,25). The highest BCUT2D eigenvalue weighted by Crippen LogP contribution is 2.29. The second-order valence-corrected chi connectivity index (χ2v) is 5.81. The van der Waals surface area contributed by atoms with Gasteiger partial charge in [-0.05, 0) is 31.2 Å². The summed E-state index contributed by atoms with van der Waals surface area (Å²) in [6, 6.07) is 13.4. The predicted molar refractivity (Wildman–Crippen MR) is 89.3 cm³/mol. The fourth-order valence-electron chi connectivity index (χ4n) is 2.33. The van der Waals surface area contributed by atoms with Crippen LogP contribution in [-0.2, 0) is 12.7 Å². The molecule has 3 rings (SSSR count). The third kappa shape index (κ3) is 4.11. The Bertz CT molecular complexity index is 898. The van der Waals surface area contributed by atoms with Crippen molar-refractivity contribution in [1.29, 1.82) is 0 Å². The highest BCUT2D eigenvalue weighted by Gasteiger charge is 2.30. The normalized spacial score (nSPS) is 11.4. The summed E-state index contributed by atoms with van der Waals surface area (Å²) in [5, 5.41) is 6.49. The molecule has 0 saturated heterocycles. The van der Waals surface area contributed by atoms with Gasteiger partial charge < -0.3 is 9.84 Å². The third-order valence-corrected chi connectivity index (χ3v) is 3.80. The van der Waals surface area contributed by atoms with Crippen molar-refractivity contribution in [3.8, 4) is 11.3 Å². The summed E-state index contributed by atoms with van der Waals surface area (Å²) in [7, 11) is 0. The number of benzene rings is 2. The zero-order chi connectivity index (χ0) is 18.7. The first-order chi connectivity index (χ1) is 12.3. The Balaban J connectivity index is 1.62. The zero-order valence-electron chi connectivity index (χ0n) is 13.8. The molecular formula is C19H15F3N2O2. The first kappa shape index (κ1) is 17.7. The van der Waals surface area contributed by atoms with E-state index in [0.29, 0.717) is 11.5 Å². The molecule has 0 aliphatic heterocycles. The van der Waals surface area contributed by atoms with Crippen molar-refractivity contribution < 1.29 is 22.5 Å². The Morgan fingerprint density at radius 2 is 1.73 bits per heavy atom. The number of amides is 1. The molecule has 4 nitrogen and oxygen atoms in total. The van der Waals surface area contributed by atoms with Crippen LogP contribution in [0.3, 0.4) is 0 Å². The van der Waals surface area contributed by atoms with Crippen molar-refractivity contribution in [2.75, 3.05) is 0 Å². The first-order valence-corrected chi connectivity index (χ1v) is 7.81. The molecule has 134 valence electrons. The minimum atomic E-state index is -4.43. The number of carbonyl (C=O) groups is 1. The SMILES string of the molecule is Cc1ccc(-c2cc(CNC(=O)c3ccc(C(F)(F)F)cc3)no2)cc1. The van der Waals surface area contributed by atoms with Crippen LogP contribution in [0.2, 0.25) is 0 Å². The molecule has 7 heteroatoms. The number of halogens is 3. The molecule has 1 N–H and O–H groups in total. The van der Waals surface area contributed by atoms with E-state index in [1.165, 1.54) is 0 Å². The van der Waals surface area contributed by atoms with Crippen LogP contribution >= 0.6 is 0 Å². The van der Waals surface area contributed by atoms with Crippen LogP contribution in [0.15, 0.2) is 59.1 Å². The van der Waals surface area contributed by atoms with Gasteiger partial charge in [0.2, 0.25) is 0 Å². The van der Waals surface area contributed by atoms with Crippen LogP contribution in [0.5, 0.6) is 0 Å². The molecule has 3 aromatic rings. The Hall–Kier alpha value is -3.09. The van der Waals surface area contributed by atoms with Crippen LogP contribution in [0.4, 0.5) is 13.2 Å². The number of rotatable bonds is 4. The van der Waals surface area contributed by atoms with Crippen LogP contribution in [0.1, 0.15) is 27.2 Å². The average Bonchev–Trinajstić information content (AvgIpc) is 3.08. The molecule has 0 spiro atoms. The molecule has 26 heavy (non-hydrogen) atoms. The second kappa shape index (κ2) is 7.03. The molecule has 1 heterocycles. The van der Waals surface area contributed by atoms with Gasteiger partial charge in [0.25, 0.3) is 5.91 Å². The van der Waals surface area contributed by atoms with Crippen molar-refractivity contribution in [2.45, 2.75) is 19.6 Å². The van der Waals surface area contributed by atoms with Gasteiger partial charge in [-0.15, -0.1) is 0 Å². The number of hydrogen-bond acceptors (Lipinski definition) is 3. The molecule has 0 atom stereocenters. The van der Waals surface area contributed by atoms with Crippen LogP contribution < -0.4 is 5.32 Å². The summed E-state index contributed by atoms with van der Waals surface area (Å²) in [6.45, 7) is 2.08. The van der Waals surface area contributed by atoms with Crippen LogP contribution in [0, 0.1) is 6.92 Å². The van der Waals surface area contributed by atoms with Gasteiger partial charge in [-0.3, -0.25) is 4.79 Å². The average molecular weight is 360 g/mol. The number of carbonyl (C=O) groups excluding carboxylic acids is 1. The molecule has 2 aromatic carbocycles. The van der Waals surface area contributed by atoms with E-state index in [1.54, 1.807) is 6.07 Å². The molecule has 1 amide bonds. The lowest BCUT2D eigenvalue weighted by atomic mass is 10.1. The third-order valence-electron chi connectivity index (χ3n) is 3.80. The smallest absolute Gasteiger partial charge is 0.356 e. The molecule has 0 radical (unpaired) electrons. The Morgan fingerprint density at radius 1 is 1.08 bits per heavy atom. The maximum atomic E-state index is 12.5. The number of nitrogens with zero attached hydrogens (tertiary/aromatic N) is 1. The summed E-state index contributed by atoms with van der Waals surface area (Å²) >= 11 is 0. The lowest BCUT2D eigenvalue weighted by Gasteiger charge is -2.07. The Morgan fingerprint density at radius 3 is 2.35 bits per heavy atom. The van der Waals surface area contributed by atoms with E-state index < -0.39 is 17.6 Å². The number of aromatic nitrogens is 1. The van der Waals surface area contributed by atoms with Gasteiger partial charge in [0, 0.05) is 17.2 Å². The number of hydrogen-bond donors (Lipinski definition) is 1. The summed E-state index contributed by atoms with van der Waals surface area (Å²) in [5.74, 6) is 0.0855. The molecule has 0 aliphatic carbocycles. The van der Waals surface area contributed by atoms with E-state index in [0.717, 1.165) is 35.4 Å². The van der Waals surface area contributed by atoms with E-state index in [-0.39, 0.29) is 12.1 Å². The molecule has 0 fully saturated rings. The Labute approximate surface area is 147 Å². The fourth-order valence-corrected chi connectivity index (χ4v) is 2.33. The number of alkyl halides is 3. The van der Waals surface area contributed by atoms with Gasteiger partial charge in [-0.2, -0.15) is 13.2 Å². The van der Waals surface area contributed by atoms with Crippen molar-refractivity contribution in [3.05, 3.63) is 77.0 Å². The van der Waals surface area contributed by atoms with Gasteiger partial charge in [0.15, 0.2) is 5.76 Å². The number of aryl methyl sites for hydroxylation is 1. The molecular weight excluding hydrogens is 345 g/mol. The Kier molecular flexibility index (Phi) is 4.79. The van der Waals surface area contributed by atoms with Crippen molar-refractivity contribution in [1.82, 2.24) is 10.5 Å². The maximum absolute atomic E-state index is 12.5. The predicted octanol–water partition coefficient (Wildman–Crippen LogP) is 4.60. The monoisotopic (exact) mass is 360 g/mol. The highest BCUT2D eigenvalue weighted by molar-refractivity contribution is 5.94. The molecule has 0 aliphatic rings. The quantitative estimate of drug-likeness (QED) is 0.740. The maximum Gasteiger partial charge on any atom is 0.416 e.